The van der Waals surface area contributed by atoms with Crippen LogP contribution in [0.3, 0.4) is 0 Å². The molecule has 2 aromatic rings. The molecule has 0 spiro atoms. The van der Waals surface area contributed by atoms with Crippen molar-refractivity contribution in [2.45, 2.75) is 4.34 Å². The third-order valence-corrected chi connectivity index (χ3v) is 4.03. The number of thiazole rings is 1. The molecule has 0 atom stereocenters. The zero-order valence-corrected chi connectivity index (χ0v) is 9.96. The van der Waals surface area contributed by atoms with Crippen LogP contribution in [-0.2, 0) is 4.79 Å². The van der Waals surface area contributed by atoms with E-state index in [-0.39, 0.29) is 11.4 Å². The van der Waals surface area contributed by atoms with Crippen LogP contribution in [0, 0.1) is 10.1 Å². The van der Waals surface area contributed by atoms with Crippen molar-refractivity contribution in [2.75, 3.05) is 5.75 Å². The highest BCUT2D eigenvalue weighted by molar-refractivity contribution is 8.01. The molecule has 88 valence electrons. The number of nitro groups is 1. The highest BCUT2D eigenvalue weighted by Crippen LogP contribution is 2.31. The summed E-state index contributed by atoms with van der Waals surface area (Å²) in [6, 6.07) is 4.39. The van der Waals surface area contributed by atoms with E-state index < -0.39 is 10.9 Å². The topological polar surface area (TPSA) is 93.3 Å². The van der Waals surface area contributed by atoms with Gasteiger partial charge in [0.2, 0.25) is 0 Å². The molecule has 8 heteroatoms. The van der Waals surface area contributed by atoms with Crippen LogP contribution in [0.2, 0.25) is 0 Å². The van der Waals surface area contributed by atoms with Gasteiger partial charge in [-0.05, 0) is 6.07 Å². The molecule has 0 amide bonds. The summed E-state index contributed by atoms with van der Waals surface area (Å²) in [6.07, 6.45) is 0. The average Bonchev–Trinajstić information content (AvgIpc) is 2.67. The van der Waals surface area contributed by atoms with E-state index >= 15 is 0 Å². The summed E-state index contributed by atoms with van der Waals surface area (Å²) < 4.78 is 1.29. The minimum Gasteiger partial charge on any atom is -0.481 e. The standard InChI is InChI=1S/C9H6N2O4S2/c12-8(13)4-16-9-10-6-2-1-5(11(14)15)3-7(6)17-9/h1-3H,4H2,(H,12,13). The average molecular weight is 270 g/mol. The Morgan fingerprint density at radius 2 is 2.35 bits per heavy atom. The van der Waals surface area contributed by atoms with E-state index in [2.05, 4.69) is 4.98 Å². The number of non-ortho nitro benzene ring substituents is 1. The smallest absolute Gasteiger partial charge is 0.313 e. The van der Waals surface area contributed by atoms with Gasteiger partial charge >= 0.3 is 5.97 Å². The molecule has 1 aromatic heterocycles. The number of fused-ring (bicyclic) bond motifs is 1. The van der Waals surface area contributed by atoms with Crippen molar-refractivity contribution in [1.82, 2.24) is 4.98 Å². The van der Waals surface area contributed by atoms with Crippen molar-refractivity contribution < 1.29 is 14.8 Å². The fraction of sp³-hybridized carbons (Fsp3) is 0.111. The number of carboxylic acids is 1. The highest BCUT2D eigenvalue weighted by Gasteiger charge is 2.11. The number of carbonyl (C=O) groups is 1. The Hall–Kier alpha value is -1.67. The summed E-state index contributed by atoms with van der Waals surface area (Å²) in [5.41, 5.74) is 0.657. The van der Waals surface area contributed by atoms with Crippen LogP contribution in [0.4, 0.5) is 5.69 Å². The molecule has 2 rings (SSSR count). The first-order chi connectivity index (χ1) is 8.06. The van der Waals surface area contributed by atoms with E-state index in [0.29, 0.717) is 14.6 Å². The minimum absolute atomic E-state index is 0.0101. The summed E-state index contributed by atoms with van der Waals surface area (Å²) in [6.45, 7) is 0. The van der Waals surface area contributed by atoms with Crippen LogP contribution >= 0.6 is 23.1 Å². The number of rotatable bonds is 4. The van der Waals surface area contributed by atoms with Crippen LogP contribution in [0.1, 0.15) is 0 Å². The number of thioether (sulfide) groups is 1. The zero-order chi connectivity index (χ0) is 12.4. The summed E-state index contributed by atoms with van der Waals surface area (Å²) in [7, 11) is 0. The number of aliphatic carboxylic acids is 1. The van der Waals surface area contributed by atoms with Gasteiger partial charge in [0.05, 0.1) is 20.9 Å². The van der Waals surface area contributed by atoms with Gasteiger partial charge in [-0.3, -0.25) is 14.9 Å². The van der Waals surface area contributed by atoms with Crippen molar-refractivity contribution in [1.29, 1.82) is 0 Å². The Bertz CT molecular complexity index is 596. The Morgan fingerprint density at radius 3 is 3.00 bits per heavy atom. The summed E-state index contributed by atoms with van der Waals surface area (Å²) in [5, 5.41) is 19.1. The number of hydrogen-bond acceptors (Lipinski definition) is 6. The first kappa shape index (κ1) is 11.8. The van der Waals surface area contributed by atoms with Crippen molar-refractivity contribution in [2.24, 2.45) is 0 Å². The van der Waals surface area contributed by atoms with Gasteiger partial charge in [-0.15, -0.1) is 11.3 Å². The molecular weight excluding hydrogens is 264 g/mol. The molecule has 6 nitrogen and oxygen atoms in total. The summed E-state index contributed by atoms with van der Waals surface area (Å²) in [5.74, 6) is -0.984. The van der Waals surface area contributed by atoms with Crippen LogP contribution in [0.15, 0.2) is 22.5 Å². The lowest BCUT2D eigenvalue weighted by Crippen LogP contribution is -1.96. The Balaban J connectivity index is 2.30. The number of nitro benzene ring substituents is 1. The minimum atomic E-state index is -0.916. The molecule has 17 heavy (non-hydrogen) atoms. The Kier molecular flexibility index (Phi) is 3.25. The Labute approximate surface area is 103 Å². The molecule has 0 saturated heterocycles. The molecule has 0 radical (unpaired) electrons. The lowest BCUT2D eigenvalue weighted by atomic mass is 10.3. The van der Waals surface area contributed by atoms with E-state index in [1.807, 2.05) is 0 Å². The number of aromatic nitrogens is 1. The molecule has 1 heterocycles. The van der Waals surface area contributed by atoms with E-state index in [0.717, 1.165) is 11.8 Å². The monoisotopic (exact) mass is 270 g/mol. The predicted octanol–water partition coefficient (Wildman–Crippen LogP) is 2.38. The molecule has 0 bridgehead atoms. The largest absolute Gasteiger partial charge is 0.481 e. The molecular formula is C9H6N2O4S2. The van der Waals surface area contributed by atoms with Gasteiger partial charge in [-0.25, -0.2) is 4.98 Å². The maximum atomic E-state index is 10.6. The molecule has 0 fully saturated rings. The van der Waals surface area contributed by atoms with Gasteiger partial charge < -0.3 is 5.11 Å². The first-order valence-corrected chi connectivity index (χ1v) is 6.26. The second-order valence-electron chi connectivity index (χ2n) is 3.07. The van der Waals surface area contributed by atoms with E-state index in [9.17, 15) is 14.9 Å². The van der Waals surface area contributed by atoms with Crippen LogP contribution < -0.4 is 0 Å². The molecule has 0 aliphatic carbocycles. The molecule has 1 aromatic carbocycles. The van der Waals surface area contributed by atoms with Crippen molar-refractivity contribution >= 4 is 45.0 Å². The lowest BCUT2D eigenvalue weighted by molar-refractivity contribution is -0.384. The van der Waals surface area contributed by atoms with Crippen molar-refractivity contribution in [3.63, 3.8) is 0 Å². The zero-order valence-electron chi connectivity index (χ0n) is 8.32. The van der Waals surface area contributed by atoms with E-state index in [1.165, 1.54) is 23.5 Å². The van der Waals surface area contributed by atoms with Gasteiger partial charge in [-0.1, -0.05) is 11.8 Å². The third-order valence-electron chi connectivity index (χ3n) is 1.88. The molecule has 0 aliphatic heterocycles. The number of carboxylic acid groups (broad SMARTS) is 1. The molecule has 1 N–H and O–H groups in total. The number of benzene rings is 1. The molecule has 0 aliphatic rings. The second-order valence-corrected chi connectivity index (χ2v) is 5.32. The maximum absolute atomic E-state index is 10.6. The predicted molar refractivity (Wildman–Crippen MR) is 64.6 cm³/mol. The fourth-order valence-electron chi connectivity index (χ4n) is 1.19. The van der Waals surface area contributed by atoms with Gasteiger partial charge in [-0.2, -0.15) is 0 Å². The summed E-state index contributed by atoms with van der Waals surface area (Å²) >= 11 is 2.36. The fourth-order valence-corrected chi connectivity index (χ4v) is 3.01. The highest BCUT2D eigenvalue weighted by atomic mass is 32.2. The molecule has 0 saturated carbocycles. The molecule has 0 unspecified atom stereocenters. The van der Waals surface area contributed by atoms with Gasteiger partial charge in [0.25, 0.3) is 5.69 Å². The van der Waals surface area contributed by atoms with Gasteiger partial charge in [0.1, 0.15) is 0 Å². The quantitative estimate of drug-likeness (QED) is 0.521. The van der Waals surface area contributed by atoms with Gasteiger partial charge in [0, 0.05) is 12.1 Å². The number of nitrogens with zero attached hydrogens (tertiary/aromatic N) is 2. The third kappa shape index (κ3) is 2.71. The maximum Gasteiger partial charge on any atom is 0.313 e. The van der Waals surface area contributed by atoms with Crippen molar-refractivity contribution in [3.05, 3.63) is 28.3 Å². The second kappa shape index (κ2) is 4.68. The van der Waals surface area contributed by atoms with Crippen LogP contribution in [0.5, 0.6) is 0 Å². The van der Waals surface area contributed by atoms with Crippen LogP contribution in [-0.4, -0.2) is 26.7 Å². The van der Waals surface area contributed by atoms with Crippen molar-refractivity contribution in [3.8, 4) is 0 Å². The van der Waals surface area contributed by atoms with E-state index in [1.54, 1.807) is 6.07 Å². The first-order valence-electron chi connectivity index (χ1n) is 4.46. The van der Waals surface area contributed by atoms with Gasteiger partial charge in [0.15, 0.2) is 4.34 Å². The SMILES string of the molecule is O=C(O)CSc1nc2ccc([N+](=O)[O-])cc2s1. The lowest BCUT2D eigenvalue weighted by Gasteiger charge is -1.88. The van der Waals surface area contributed by atoms with Crippen LogP contribution in [0.25, 0.3) is 10.2 Å². The normalized spacial score (nSPS) is 10.6. The summed E-state index contributed by atoms with van der Waals surface area (Å²) in [4.78, 5) is 24.7. The van der Waals surface area contributed by atoms with E-state index in [4.69, 9.17) is 5.11 Å². The number of hydrogen-bond donors (Lipinski definition) is 1. The Morgan fingerprint density at radius 1 is 1.59 bits per heavy atom.